The maximum Gasteiger partial charge on any atom is 0.238 e. The lowest BCUT2D eigenvalue weighted by molar-refractivity contribution is -0.115. The summed E-state index contributed by atoms with van der Waals surface area (Å²) in [4.78, 5) is 11.8. The van der Waals surface area contributed by atoms with Gasteiger partial charge in [0.05, 0.1) is 18.2 Å². The smallest absolute Gasteiger partial charge is 0.238 e. The number of amides is 1. The summed E-state index contributed by atoms with van der Waals surface area (Å²) in [5.74, 6) is -0.169. The zero-order valence-corrected chi connectivity index (χ0v) is 12.0. The fourth-order valence-corrected chi connectivity index (χ4v) is 2.03. The zero-order valence-electron chi connectivity index (χ0n) is 11.3. The molecule has 0 bridgehead atoms. The van der Waals surface area contributed by atoms with Crippen LogP contribution in [0.15, 0.2) is 48.5 Å². The Balaban J connectivity index is 1.83. The summed E-state index contributed by atoms with van der Waals surface area (Å²) in [6.07, 6.45) is 0. The second kappa shape index (κ2) is 7.44. The van der Waals surface area contributed by atoms with Crippen LogP contribution in [0.2, 0.25) is 5.02 Å². The van der Waals surface area contributed by atoms with E-state index in [1.165, 1.54) is 0 Å². The molecule has 0 atom stereocenters. The summed E-state index contributed by atoms with van der Waals surface area (Å²) < 4.78 is 0. The Morgan fingerprint density at radius 1 is 1.19 bits per heavy atom. The van der Waals surface area contributed by atoms with E-state index in [0.29, 0.717) is 22.8 Å². The number of nitrogens with one attached hydrogen (secondary N) is 2. The Bertz CT molecular complexity index is 679. The van der Waals surface area contributed by atoms with Gasteiger partial charge in [0.1, 0.15) is 0 Å². The molecule has 2 aromatic carbocycles. The molecule has 0 saturated heterocycles. The van der Waals surface area contributed by atoms with Crippen LogP contribution in [0.1, 0.15) is 11.1 Å². The van der Waals surface area contributed by atoms with Crippen molar-refractivity contribution in [1.82, 2.24) is 5.32 Å². The monoisotopic (exact) mass is 299 g/mol. The second-order valence-corrected chi connectivity index (χ2v) is 4.84. The molecular formula is C16H14ClN3O. The van der Waals surface area contributed by atoms with Crippen LogP contribution in [-0.2, 0) is 11.3 Å². The van der Waals surface area contributed by atoms with E-state index < -0.39 is 0 Å². The van der Waals surface area contributed by atoms with E-state index in [4.69, 9.17) is 16.9 Å². The largest absolute Gasteiger partial charge is 0.325 e. The van der Waals surface area contributed by atoms with Gasteiger partial charge in [-0.2, -0.15) is 5.26 Å². The molecule has 1 amide bonds. The van der Waals surface area contributed by atoms with Crippen molar-refractivity contribution in [2.75, 3.05) is 11.9 Å². The molecule has 106 valence electrons. The van der Waals surface area contributed by atoms with Crippen LogP contribution in [0.3, 0.4) is 0 Å². The van der Waals surface area contributed by atoms with E-state index in [9.17, 15) is 4.79 Å². The first-order valence-electron chi connectivity index (χ1n) is 6.43. The first-order chi connectivity index (χ1) is 10.2. The number of benzene rings is 2. The van der Waals surface area contributed by atoms with Crippen molar-refractivity contribution < 1.29 is 4.79 Å². The lowest BCUT2D eigenvalue weighted by atomic mass is 10.2. The molecule has 0 saturated carbocycles. The first-order valence-corrected chi connectivity index (χ1v) is 6.81. The summed E-state index contributed by atoms with van der Waals surface area (Å²) in [5, 5.41) is 15.2. The third-order valence-corrected chi connectivity index (χ3v) is 3.20. The molecule has 0 aliphatic heterocycles. The van der Waals surface area contributed by atoms with Crippen molar-refractivity contribution in [2.45, 2.75) is 6.54 Å². The number of nitrogens with zero attached hydrogens (tertiary/aromatic N) is 1. The third-order valence-electron chi connectivity index (χ3n) is 2.83. The first kappa shape index (κ1) is 15.0. The fraction of sp³-hybridized carbons (Fsp3) is 0.125. The Hall–Kier alpha value is -2.35. The molecule has 2 rings (SSSR count). The Labute approximate surface area is 128 Å². The van der Waals surface area contributed by atoms with Crippen LogP contribution in [0.4, 0.5) is 5.69 Å². The molecule has 0 aliphatic rings. The highest BCUT2D eigenvalue weighted by Gasteiger charge is 2.04. The maximum absolute atomic E-state index is 11.8. The Morgan fingerprint density at radius 2 is 2.00 bits per heavy atom. The Morgan fingerprint density at radius 3 is 2.76 bits per heavy atom. The van der Waals surface area contributed by atoms with Gasteiger partial charge in [0.15, 0.2) is 0 Å². The topological polar surface area (TPSA) is 64.9 Å². The van der Waals surface area contributed by atoms with Crippen molar-refractivity contribution in [2.24, 2.45) is 0 Å². The summed E-state index contributed by atoms with van der Waals surface area (Å²) in [7, 11) is 0. The van der Waals surface area contributed by atoms with E-state index in [1.54, 1.807) is 24.3 Å². The molecule has 0 radical (unpaired) electrons. The highest BCUT2D eigenvalue weighted by atomic mass is 35.5. The quantitative estimate of drug-likeness (QED) is 0.892. The van der Waals surface area contributed by atoms with Crippen molar-refractivity contribution in [1.29, 1.82) is 5.26 Å². The minimum Gasteiger partial charge on any atom is -0.325 e. The van der Waals surface area contributed by atoms with E-state index in [0.717, 1.165) is 5.56 Å². The van der Waals surface area contributed by atoms with Crippen LogP contribution < -0.4 is 10.6 Å². The average Bonchev–Trinajstić information content (AvgIpc) is 2.49. The van der Waals surface area contributed by atoms with Crippen LogP contribution in [0.25, 0.3) is 0 Å². The average molecular weight is 300 g/mol. The standard InChI is InChI=1S/C16H14ClN3O/c17-15-7-2-1-5-13(15)10-19-11-16(21)20-14-6-3-4-12(8-14)9-18/h1-8,19H,10-11H2,(H,20,21). The van der Waals surface area contributed by atoms with E-state index in [-0.39, 0.29) is 12.5 Å². The Kier molecular flexibility index (Phi) is 5.33. The SMILES string of the molecule is N#Cc1cccc(NC(=O)CNCc2ccccc2Cl)c1. The fourth-order valence-electron chi connectivity index (χ4n) is 1.82. The zero-order chi connectivity index (χ0) is 15.1. The lowest BCUT2D eigenvalue weighted by Crippen LogP contribution is -2.27. The number of rotatable bonds is 5. The van der Waals surface area contributed by atoms with Crippen molar-refractivity contribution in [3.8, 4) is 6.07 Å². The number of hydrogen-bond acceptors (Lipinski definition) is 3. The van der Waals surface area contributed by atoms with Gasteiger partial charge >= 0.3 is 0 Å². The van der Waals surface area contributed by atoms with Gasteiger partial charge in [-0.15, -0.1) is 0 Å². The molecule has 5 heteroatoms. The van der Waals surface area contributed by atoms with E-state index in [2.05, 4.69) is 10.6 Å². The highest BCUT2D eigenvalue weighted by Crippen LogP contribution is 2.14. The molecule has 2 aromatic rings. The molecule has 0 aromatic heterocycles. The predicted molar refractivity (Wildman–Crippen MR) is 82.9 cm³/mol. The van der Waals surface area contributed by atoms with Gasteiger partial charge in [0.2, 0.25) is 5.91 Å². The predicted octanol–water partition coefficient (Wildman–Crippen LogP) is 2.94. The summed E-state index contributed by atoms with van der Waals surface area (Å²) in [6, 6.07) is 16.3. The maximum atomic E-state index is 11.8. The normalized spacial score (nSPS) is 9.90. The van der Waals surface area contributed by atoms with Crippen molar-refractivity contribution >= 4 is 23.2 Å². The van der Waals surface area contributed by atoms with E-state index in [1.807, 2.05) is 30.3 Å². The molecule has 0 aliphatic carbocycles. The molecule has 0 heterocycles. The number of hydrogen-bond donors (Lipinski definition) is 2. The van der Waals surface area contributed by atoms with Gasteiger partial charge in [0, 0.05) is 17.3 Å². The number of halogens is 1. The molecular weight excluding hydrogens is 286 g/mol. The van der Waals surface area contributed by atoms with Crippen molar-refractivity contribution in [3.63, 3.8) is 0 Å². The van der Waals surface area contributed by atoms with Gasteiger partial charge in [-0.3, -0.25) is 4.79 Å². The van der Waals surface area contributed by atoms with Gasteiger partial charge in [-0.25, -0.2) is 0 Å². The second-order valence-electron chi connectivity index (χ2n) is 4.44. The highest BCUT2D eigenvalue weighted by molar-refractivity contribution is 6.31. The number of anilines is 1. The molecule has 0 spiro atoms. The van der Waals surface area contributed by atoms with Crippen LogP contribution in [0, 0.1) is 11.3 Å². The minimum absolute atomic E-state index is 0.169. The van der Waals surface area contributed by atoms with Crippen molar-refractivity contribution in [3.05, 3.63) is 64.7 Å². The number of nitriles is 1. The van der Waals surface area contributed by atoms with Crippen LogP contribution in [0.5, 0.6) is 0 Å². The van der Waals surface area contributed by atoms with Crippen LogP contribution >= 0.6 is 11.6 Å². The third kappa shape index (κ3) is 4.60. The minimum atomic E-state index is -0.169. The van der Waals surface area contributed by atoms with Gasteiger partial charge in [-0.1, -0.05) is 35.9 Å². The van der Waals surface area contributed by atoms with Crippen LogP contribution in [-0.4, -0.2) is 12.5 Å². The number of carbonyl (C=O) groups excluding carboxylic acids is 1. The molecule has 2 N–H and O–H groups in total. The molecule has 4 nitrogen and oxygen atoms in total. The lowest BCUT2D eigenvalue weighted by Gasteiger charge is -2.08. The molecule has 0 unspecified atom stereocenters. The molecule has 21 heavy (non-hydrogen) atoms. The summed E-state index contributed by atoms with van der Waals surface area (Å²) in [5.41, 5.74) is 2.06. The summed E-state index contributed by atoms with van der Waals surface area (Å²) in [6.45, 7) is 0.688. The van der Waals surface area contributed by atoms with Gasteiger partial charge < -0.3 is 10.6 Å². The number of carbonyl (C=O) groups is 1. The summed E-state index contributed by atoms with van der Waals surface area (Å²) >= 11 is 6.03. The molecule has 0 fully saturated rings. The van der Waals surface area contributed by atoms with E-state index >= 15 is 0 Å². The van der Waals surface area contributed by atoms with Gasteiger partial charge in [-0.05, 0) is 29.8 Å². The van der Waals surface area contributed by atoms with Gasteiger partial charge in [0.25, 0.3) is 0 Å².